The van der Waals surface area contributed by atoms with Crippen LogP contribution in [0.2, 0.25) is 0 Å². The Kier molecular flexibility index (Phi) is 4.01. The van der Waals surface area contributed by atoms with Gasteiger partial charge in [-0.25, -0.2) is 0 Å². The third-order valence-electron chi connectivity index (χ3n) is 2.35. The summed E-state index contributed by atoms with van der Waals surface area (Å²) in [6, 6.07) is 6.86. The van der Waals surface area contributed by atoms with Crippen LogP contribution in [0.15, 0.2) is 29.2 Å². The summed E-state index contributed by atoms with van der Waals surface area (Å²) in [6.07, 6.45) is 1.12. The van der Waals surface area contributed by atoms with E-state index in [0.29, 0.717) is 22.4 Å². The van der Waals surface area contributed by atoms with E-state index in [1.165, 1.54) is 0 Å². The van der Waals surface area contributed by atoms with Gasteiger partial charge in [0.25, 0.3) is 5.76 Å². The topological polar surface area (TPSA) is 21.3 Å². The zero-order chi connectivity index (χ0) is 11.4. The highest BCUT2D eigenvalue weighted by Gasteiger charge is 2.16. The lowest BCUT2D eigenvalue weighted by Gasteiger charge is -2.13. The number of alkyl halides is 2. The summed E-state index contributed by atoms with van der Waals surface area (Å²) in [5.41, 5.74) is 0. The molecule has 0 bridgehead atoms. The smallest absolute Gasteiger partial charge is 0.288 e. The molecule has 1 heterocycles. The maximum absolute atomic E-state index is 12.2. The molecule has 16 heavy (non-hydrogen) atoms. The molecule has 1 aliphatic heterocycles. The van der Waals surface area contributed by atoms with Gasteiger partial charge in [0.05, 0.1) is 0 Å². The SMILES string of the molecule is FC(F)Sc1cccc(OC2CCNC2)c1. The molecule has 5 heteroatoms. The fraction of sp³-hybridized carbons (Fsp3) is 0.455. The Morgan fingerprint density at radius 2 is 2.31 bits per heavy atom. The van der Waals surface area contributed by atoms with Gasteiger partial charge in [0.2, 0.25) is 0 Å². The van der Waals surface area contributed by atoms with Crippen molar-refractivity contribution in [1.29, 1.82) is 0 Å². The molecule has 0 saturated carbocycles. The van der Waals surface area contributed by atoms with E-state index >= 15 is 0 Å². The summed E-state index contributed by atoms with van der Waals surface area (Å²) >= 11 is 0.542. The molecule has 1 unspecified atom stereocenters. The second-order valence-corrected chi connectivity index (χ2v) is 4.65. The first-order valence-electron chi connectivity index (χ1n) is 5.16. The molecule has 1 aromatic rings. The van der Waals surface area contributed by atoms with Crippen LogP contribution in [-0.4, -0.2) is 25.0 Å². The van der Waals surface area contributed by atoms with Gasteiger partial charge in [0.1, 0.15) is 11.9 Å². The van der Waals surface area contributed by atoms with E-state index in [1.807, 2.05) is 0 Å². The van der Waals surface area contributed by atoms with E-state index in [-0.39, 0.29) is 6.10 Å². The number of rotatable bonds is 4. The Morgan fingerprint density at radius 3 is 3.00 bits per heavy atom. The van der Waals surface area contributed by atoms with Gasteiger partial charge in [0.15, 0.2) is 0 Å². The van der Waals surface area contributed by atoms with Gasteiger partial charge in [0, 0.05) is 11.4 Å². The van der Waals surface area contributed by atoms with Gasteiger partial charge in [-0.1, -0.05) is 17.8 Å². The molecule has 1 N–H and O–H groups in total. The molecule has 88 valence electrons. The van der Waals surface area contributed by atoms with Gasteiger partial charge in [-0.15, -0.1) is 0 Å². The average Bonchev–Trinajstić information content (AvgIpc) is 2.70. The van der Waals surface area contributed by atoms with Crippen LogP contribution in [0.4, 0.5) is 8.78 Å². The Balaban J connectivity index is 1.97. The molecule has 0 radical (unpaired) electrons. The quantitative estimate of drug-likeness (QED) is 0.824. The van der Waals surface area contributed by atoms with Crippen molar-refractivity contribution in [3.8, 4) is 5.75 Å². The summed E-state index contributed by atoms with van der Waals surface area (Å²) in [5, 5.41) is 3.19. The monoisotopic (exact) mass is 245 g/mol. The third-order valence-corrected chi connectivity index (χ3v) is 3.05. The van der Waals surface area contributed by atoms with E-state index in [9.17, 15) is 8.78 Å². The van der Waals surface area contributed by atoms with Crippen LogP contribution in [0.3, 0.4) is 0 Å². The first-order chi connectivity index (χ1) is 7.74. The van der Waals surface area contributed by atoms with Crippen molar-refractivity contribution in [2.24, 2.45) is 0 Å². The lowest BCUT2D eigenvalue weighted by molar-refractivity contribution is 0.222. The van der Waals surface area contributed by atoms with Crippen molar-refractivity contribution < 1.29 is 13.5 Å². The van der Waals surface area contributed by atoms with Gasteiger partial charge < -0.3 is 10.1 Å². The number of thioether (sulfide) groups is 1. The Labute approximate surface area is 97.4 Å². The maximum atomic E-state index is 12.2. The second-order valence-electron chi connectivity index (χ2n) is 3.59. The number of nitrogens with one attached hydrogen (secondary N) is 1. The number of halogens is 2. The minimum Gasteiger partial charge on any atom is -0.489 e. The third kappa shape index (κ3) is 3.35. The van der Waals surface area contributed by atoms with Crippen molar-refractivity contribution in [1.82, 2.24) is 5.32 Å². The molecular formula is C11H13F2NOS. The normalized spacial score (nSPS) is 20.3. The highest BCUT2D eigenvalue weighted by molar-refractivity contribution is 7.99. The van der Waals surface area contributed by atoms with Crippen LogP contribution in [0.5, 0.6) is 5.75 Å². The molecule has 1 aromatic carbocycles. The zero-order valence-electron chi connectivity index (χ0n) is 8.66. The van der Waals surface area contributed by atoms with E-state index in [2.05, 4.69) is 5.32 Å². The Bertz CT molecular complexity index is 343. The highest BCUT2D eigenvalue weighted by atomic mass is 32.2. The van der Waals surface area contributed by atoms with Gasteiger partial charge in [-0.2, -0.15) is 8.78 Å². The predicted octanol–water partition coefficient (Wildman–Crippen LogP) is 2.74. The second kappa shape index (κ2) is 5.50. The van der Waals surface area contributed by atoms with Crippen LogP contribution in [0, 0.1) is 0 Å². The summed E-state index contributed by atoms with van der Waals surface area (Å²) in [4.78, 5) is 0.540. The van der Waals surface area contributed by atoms with Gasteiger partial charge in [-0.3, -0.25) is 0 Å². The lowest BCUT2D eigenvalue weighted by Crippen LogP contribution is -2.19. The summed E-state index contributed by atoms with van der Waals surface area (Å²) < 4.78 is 30.0. The summed E-state index contributed by atoms with van der Waals surface area (Å²) in [6.45, 7) is 1.78. The maximum Gasteiger partial charge on any atom is 0.288 e. The van der Waals surface area contributed by atoms with E-state index in [4.69, 9.17) is 4.74 Å². The fourth-order valence-electron chi connectivity index (χ4n) is 1.64. The van der Waals surface area contributed by atoms with E-state index in [0.717, 1.165) is 19.5 Å². The number of hydrogen-bond donors (Lipinski definition) is 1. The van der Waals surface area contributed by atoms with E-state index < -0.39 is 5.76 Å². The van der Waals surface area contributed by atoms with Crippen LogP contribution >= 0.6 is 11.8 Å². The molecule has 0 spiro atoms. The molecule has 0 aromatic heterocycles. The van der Waals surface area contributed by atoms with Crippen molar-refractivity contribution >= 4 is 11.8 Å². The zero-order valence-corrected chi connectivity index (χ0v) is 9.47. The molecule has 0 amide bonds. The first-order valence-corrected chi connectivity index (χ1v) is 6.04. The molecule has 1 aliphatic rings. The van der Waals surface area contributed by atoms with Crippen LogP contribution in [0.1, 0.15) is 6.42 Å². The number of ether oxygens (including phenoxy) is 1. The summed E-state index contributed by atoms with van der Waals surface area (Å²) in [5.74, 6) is -1.72. The van der Waals surface area contributed by atoms with Crippen LogP contribution in [-0.2, 0) is 0 Å². The molecule has 2 rings (SSSR count). The van der Waals surface area contributed by atoms with Crippen molar-refractivity contribution in [2.75, 3.05) is 13.1 Å². The van der Waals surface area contributed by atoms with Crippen LogP contribution < -0.4 is 10.1 Å². The largest absolute Gasteiger partial charge is 0.489 e. The highest BCUT2D eigenvalue weighted by Crippen LogP contribution is 2.28. The molecule has 1 fully saturated rings. The van der Waals surface area contributed by atoms with Crippen molar-refractivity contribution in [3.05, 3.63) is 24.3 Å². The Hall–Kier alpha value is -0.810. The van der Waals surface area contributed by atoms with E-state index in [1.54, 1.807) is 24.3 Å². The number of benzene rings is 1. The summed E-state index contributed by atoms with van der Waals surface area (Å²) in [7, 11) is 0. The standard InChI is InChI=1S/C11H13F2NOS/c12-11(13)16-10-3-1-2-8(6-10)15-9-4-5-14-7-9/h1-3,6,9,11,14H,4-5,7H2. The predicted molar refractivity (Wildman–Crippen MR) is 60.2 cm³/mol. The molecule has 2 nitrogen and oxygen atoms in total. The molecule has 0 aliphatic carbocycles. The average molecular weight is 245 g/mol. The lowest BCUT2D eigenvalue weighted by atomic mass is 10.3. The van der Waals surface area contributed by atoms with Crippen molar-refractivity contribution in [2.45, 2.75) is 23.2 Å². The first kappa shape index (κ1) is 11.7. The number of hydrogen-bond acceptors (Lipinski definition) is 3. The minimum atomic E-state index is -2.39. The van der Waals surface area contributed by atoms with Crippen LogP contribution in [0.25, 0.3) is 0 Å². The minimum absolute atomic E-state index is 0.159. The van der Waals surface area contributed by atoms with Gasteiger partial charge in [-0.05, 0) is 31.2 Å². The molecule has 1 atom stereocenters. The molecule has 1 saturated heterocycles. The molecular weight excluding hydrogens is 232 g/mol. The van der Waals surface area contributed by atoms with Crippen molar-refractivity contribution in [3.63, 3.8) is 0 Å². The Morgan fingerprint density at radius 1 is 1.44 bits per heavy atom. The van der Waals surface area contributed by atoms with Gasteiger partial charge >= 0.3 is 0 Å². The fourth-order valence-corrected chi connectivity index (χ4v) is 2.19.